The molecular weight excluding hydrogens is 354 g/mol. The number of carbonyl (C=O) groups is 1. The molecule has 0 heterocycles. The van der Waals surface area contributed by atoms with Crippen LogP contribution in [0.3, 0.4) is 0 Å². The molecule has 0 bridgehead atoms. The van der Waals surface area contributed by atoms with Crippen molar-refractivity contribution in [2.45, 2.75) is 110 Å². The maximum atomic E-state index is 11.9. The molecule has 1 amide bonds. The third-order valence-corrected chi connectivity index (χ3v) is 5.35. The summed E-state index contributed by atoms with van der Waals surface area (Å²) >= 11 is 5.92. The Morgan fingerprint density at radius 2 is 1.26 bits per heavy atom. The molecule has 1 rings (SSSR count). The van der Waals surface area contributed by atoms with E-state index in [4.69, 9.17) is 11.6 Å². The van der Waals surface area contributed by atoms with E-state index >= 15 is 0 Å². The smallest absolute Gasteiger partial charge is 0.224 e. The number of amides is 1. The number of unbranched alkanes of at least 4 members (excludes halogenated alkanes) is 14. The van der Waals surface area contributed by atoms with Gasteiger partial charge < -0.3 is 5.32 Å². The van der Waals surface area contributed by atoms with Gasteiger partial charge in [-0.3, -0.25) is 4.79 Å². The van der Waals surface area contributed by atoms with Crippen LogP contribution < -0.4 is 5.32 Å². The predicted octanol–water partition coefficient (Wildman–Crippen LogP) is 8.54. The topological polar surface area (TPSA) is 29.1 Å². The summed E-state index contributed by atoms with van der Waals surface area (Å²) in [5.41, 5.74) is 0.786. The zero-order chi connectivity index (χ0) is 19.6. The largest absolute Gasteiger partial charge is 0.326 e. The highest BCUT2D eigenvalue weighted by molar-refractivity contribution is 6.30. The molecule has 2 nitrogen and oxygen atoms in total. The van der Waals surface area contributed by atoms with Gasteiger partial charge >= 0.3 is 0 Å². The van der Waals surface area contributed by atoms with Gasteiger partial charge in [0.05, 0.1) is 0 Å². The SMILES string of the molecule is CCCCCCCCCCCCCCCCCC(=O)Nc1cccc(Cl)c1. The number of hydrogen-bond donors (Lipinski definition) is 1. The molecule has 0 aromatic heterocycles. The molecule has 0 radical (unpaired) electrons. The fourth-order valence-corrected chi connectivity index (χ4v) is 3.64. The number of halogens is 1. The van der Waals surface area contributed by atoms with Crippen LogP contribution in [0, 0.1) is 0 Å². The van der Waals surface area contributed by atoms with Crippen molar-refractivity contribution < 1.29 is 4.79 Å². The molecule has 3 heteroatoms. The Morgan fingerprint density at radius 1 is 0.778 bits per heavy atom. The first kappa shape index (κ1) is 24.0. The van der Waals surface area contributed by atoms with Gasteiger partial charge in [-0.05, 0) is 24.6 Å². The van der Waals surface area contributed by atoms with E-state index in [1.165, 1.54) is 83.5 Å². The van der Waals surface area contributed by atoms with Crippen molar-refractivity contribution in [3.8, 4) is 0 Å². The minimum Gasteiger partial charge on any atom is -0.326 e. The third-order valence-electron chi connectivity index (χ3n) is 5.12. The molecule has 1 N–H and O–H groups in total. The van der Waals surface area contributed by atoms with E-state index < -0.39 is 0 Å². The van der Waals surface area contributed by atoms with Gasteiger partial charge in [-0.25, -0.2) is 0 Å². The van der Waals surface area contributed by atoms with Gasteiger partial charge in [-0.2, -0.15) is 0 Å². The Labute approximate surface area is 172 Å². The molecule has 0 aliphatic rings. The van der Waals surface area contributed by atoms with E-state index in [1.807, 2.05) is 18.2 Å². The van der Waals surface area contributed by atoms with Crippen molar-refractivity contribution in [1.29, 1.82) is 0 Å². The van der Waals surface area contributed by atoms with Gasteiger partial charge in [0.2, 0.25) is 5.91 Å². The lowest BCUT2D eigenvalue weighted by molar-refractivity contribution is -0.116. The molecule has 0 aliphatic carbocycles. The van der Waals surface area contributed by atoms with Gasteiger partial charge in [0.25, 0.3) is 0 Å². The van der Waals surface area contributed by atoms with Crippen LogP contribution in [-0.2, 0) is 4.79 Å². The van der Waals surface area contributed by atoms with Crippen LogP contribution in [0.5, 0.6) is 0 Å². The summed E-state index contributed by atoms with van der Waals surface area (Å²) in [6.45, 7) is 2.28. The summed E-state index contributed by atoms with van der Waals surface area (Å²) in [5.74, 6) is 0.0898. The molecule has 0 saturated heterocycles. The molecule has 0 saturated carbocycles. The van der Waals surface area contributed by atoms with Crippen LogP contribution in [0.25, 0.3) is 0 Å². The second-order valence-electron chi connectivity index (χ2n) is 7.76. The number of anilines is 1. The molecule has 1 aromatic carbocycles. The van der Waals surface area contributed by atoms with Crippen molar-refractivity contribution in [1.82, 2.24) is 0 Å². The first-order valence-corrected chi connectivity index (χ1v) is 11.7. The van der Waals surface area contributed by atoms with E-state index in [-0.39, 0.29) is 5.91 Å². The van der Waals surface area contributed by atoms with E-state index in [2.05, 4.69) is 12.2 Å². The Morgan fingerprint density at radius 3 is 1.74 bits per heavy atom. The fourth-order valence-electron chi connectivity index (χ4n) is 3.45. The summed E-state index contributed by atoms with van der Waals surface area (Å²) in [6, 6.07) is 7.32. The monoisotopic (exact) mass is 393 g/mol. The first-order chi connectivity index (χ1) is 13.2. The second kappa shape index (κ2) is 17.1. The zero-order valence-corrected chi connectivity index (χ0v) is 18.2. The lowest BCUT2D eigenvalue weighted by Gasteiger charge is -2.06. The van der Waals surface area contributed by atoms with Crippen LogP contribution in [0.4, 0.5) is 5.69 Å². The Hall–Kier alpha value is -1.02. The number of nitrogens with one attached hydrogen (secondary N) is 1. The average Bonchev–Trinajstić information content (AvgIpc) is 2.65. The van der Waals surface area contributed by atoms with Gasteiger partial charge in [0, 0.05) is 17.1 Å². The lowest BCUT2D eigenvalue weighted by Crippen LogP contribution is -2.10. The summed E-state index contributed by atoms with van der Waals surface area (Å²) in [5, 5.41) is 3.56. The summed E-state index contributed by atoms with van der Waals surface area (Å²) in [6.07, 6.45) is 20.8. The van der Waals surface area contributed by atoms with Gasteiger partial charge in [0.15, 0.2) is 0 Å². The number of hydrogen-bond acceptors (Lipinski definition) is 1. The second-order valence-corrected chi connectivity index (χ2v) is 8.19. The average molecular weight is 394 g/mol. The summed E-state index contributed by atoms with van der Waals surface area (Å²) in [4.78, 5) is 11.9. The normalized spacial score (nSPS) is 10.9. The quantitative estimate of drug-likeness (QED) is 0.264. The van der Waals surface area contributed by atoms with Crippen molar-refractivity contribution in [2.75, 3.05) is 5.32 Å². The van der Waals surface area contributed by atoms with Crippen LogP contribution in [-0.4, -0.2) is 5.91 Å². The van der Waals surface area contributed by atoms with E-state index in [0.29, 0.717) is 11.4 Å². The molecular formula is C24H40ClNO. The summed E-state index contributed by atoms with van der Waals surface area (Å²) < 4.78 is 0. The Balaban J connectivity index is 1.82. The highest BCUT2D eigenvalue weighted by Crippen LogP contribution is 2.16. The highest BCUT2D eigenvalue weighted by Gasteiger charge is 2.02. The number of rotatable bonds is 17. The molecule has 0 atom stereocenters. The molecule has 1 aromatic rings. The lowest BCUT2D eigenvalue weighted by atomic mass is 10.0. The minimum absolute atomic E-state index is 0.0898. The standard InChI is InChI=1S/C24H40ClNO/c1-2-3-4-5-6-7-8-9-10-11-12-13-14-15-16-20-24(27)26-23-19-17-18-22(25)21-23/h17-19,21H,2-16,20H2,1H3,(H,26,27). The van der Waals surface area contributed by atoms with Crippen LogP contribution >= 0.6 is 11.6 Å². The van der Waals surface area contributed by atoms with Gasteiger partial charge in [-0.15, -0.1) is 0 Å². The van der Waals surface area contributed by atoms with Crippen LogP contribution in [0.15, 0.2) is 24.3 Å². The van der Waals surface area contributed by atoms with Gasteiger partial charge in [-0.1, -0.05) is 114 Å². The summed E-state index contributed by atoms with van der Waals surface area (Å²) in [7, 11) is 0. The van der Waals surface area contributed by atoms with Crippen LogP contribution in [0.2, 0.25) is 5.02 Å². The molecule has 154 valence electrons. The van der Waals surface area contributed by atoms with E-state index in [0.717, 1.165) is 18.5 Å². The number of carbonyl (C=O) groups excluding carboxylic acids is 1. The maximum Gasteiger partial charge on any atom is 0.224 e. The van der Waals surface area contributed by atoms with E-state index in [9.17, 15) is 4.79 Å². The maximum absolute atomic E-state index is 11.9. The number of benzene rings is 1. The van der Waals surface area contributed by atoms with E-state index in [1.54, 1.807) is 6.07 Å². The molecule has 0 unspecified atom stereocenters. The van der Waals surface area contributed by atoms with Crippen molar-refractivity contribution in [2.24, 2.45) is 0 Å². The Bertz CT molecular complexity index is 489. The molecule has 0 aliphatic heterocycles. The van der Waals surface area contributed by atoms with Gasteiger partial charge in [0.1, 0.15) is 0 Å². The predicted molar refractivity (Wildman–Crippen MR) is 120 cm³/mol. The van der Waals surface area contributed by atoms with Crippen molar-refractivity contribution in [3.63, 3.8) is 0 Å². The Kier molecular flexibility index (Phi) is 15.2. The first-order valence-electron chi connectivity index (χ1n) is 11.3. The fraction of sp³-hybridized carbons (Fsp3) is 0.708. The minimum atomic E-state index is 0.0898. The molecule has 27 heavy (non-hydrogen) atoms. The van der Waals surface area contributed by atoms with Crippen molar-refractivity contribution >= 4 is 23.2 Å². The molecule has 0 spiro atoms. The highest BCUT2D eigenvalue weighted by atomic mass is 35.5. The van der Waals surface area contributed by atoms with Crippen LogP contribution in [0.1, 0.15) is 110 Å². The van der Waals surface area contributed by atoms with Crippen molar-refractivity contribution in [3.05, 3.63) is 29.3 Å². The molecule has 0 fully saturated rings. The third kappa shape index (κ3) is 14.7. The zero-order valence-electron chi connectivity index (χ0n) is 17.4.